The predicted octanol–water partition coefficient (Wildman–Crippen LogP) is 4.15. The summed E-state index contributed by atoms with van der Waals surface area (Å²) in [7, 11) is 0. The summed E-state index contributed by atoms with van der Waals surface area (Å²) in [5.41, 5.74) is 11.0. The molecule has 0 radical (unpaired) electrons. The topological polar surface area (TPSA) is 26.0 Å². The molecule has 0 aliphatic rings. The molecule has 2 N–H and O–H groups in total. The van der Waals surface area contributed by atoms with Crippen molar-refractivity contribution >= 4 is 11.1 Å². The van der Waals surface area contributed by atoms with Crippen LogP contribution in [0.4, 0.5) is 0 Å². The van der Waals surface area contributed by atoms with Crippen molar-refractivity contribution in [1.29, 1.82) is 0 Å². The van der Waals surface area contributed by atoms with E-state index in [2.05, 4.69) is 37.4 Å². The Hall–Kier alpha value is -2.02. The molecule has 0 saturated carbocycles. The Bertz CT molecular complexity index is 473. The molecule has 1 aromatic carbocycles. The van der Waals surface area contributed by atoms with Gasteiger partial charge in [-0.15, -0.1) is 0 Å². The van der Waals surface area contributed by atoms with Gasteiger partial charge in [-0.25, -0.2) is 0 Å². The second-order valence-corrected chi connectivity index (χ2v) is 3.92. The lowest BCUT2D eigenvalue weighted by Gasteiger charge is -2.08. The molecule has 0 saturated heterocycles. The summed E-state index contributed by atoms with van der Waals surface area (Å²) in [6.45, 7) is 11.6. The molecule has 0 spiro atoms. The van der Waals surface area contributed by atoms with Crippen LogP contribution in [0.2, 0.25) is 0 Å². The summed E-state index contributed by atoms with van der Waals surface area (Å²) in [4.78, 5) is 0. The summed E-state index contributed by atoms with van der Waals surface area (Å²) in [5.74, 6) is 0. The van der Waals surface area contributed by atoms with Gasteiger partial charge in [0.15, 0.2) is 0 Å². The lowest BCUT2D eigenvalue weighted by Crippen LogP contribution is -2.00. The van der Waals surface area contributed by atoms with Gasteiger partial charge in [-0.2, -0.15) is 0 Å². The molecule has 0 bridgehead atoms. The van der Waals surface area contributed by atoms with Crippen molar-refractivity contribution in [3.8, 4) is 0 Å². The lowest BCUT2D eigenvalue weighted by atomic mass is 9.99. The average Bonchev–Trinajstić information content (AvgIpc) is 2.35. The van der Waals surface area contributed by atoms with Gasteiger partial charge in [0.05, 0.1) is 0 Å². The molecule has 0 fully saturated rings. The van der Waals surface area contributed by atoms with Crippen LogP contribution in [-0.4, -0.2) is 0 Å². The van der Waals surface area contributed by atoms with Crippen LogP contribution < -0.4 is 5.73 Å². The fourth-order valence-electron chi connectivity index (χ4n) is 1.57. The van der Waals surface area contributed by atoms with Crippen molar-refractivity contribution in [2.45, 2.75) is 13.8 Å². The molecule has 1 heteroatoms. The number of nitrogens with two attached hydrogens (primary N) is 1. The van der Waals surface area contributed by atoms with E-state index < -0.39 is 0 Å². The molecule has 88 valence electrons. The zero-order chi connectivity index (χ0) is 12.8. The minimum atomic E-state index is 0.757. The molecule has 1 aromatic rings. The van der Waals surface area contributed by atoms with Crippen molar-refractivity contribution in [1.82, 2.24) is 0 Å². The van der Waals surface area contributed by atoms with E-state index in [-0.39, 0.29) is 0 Å². The second-order valence-electron chi connectivity index (χ2n) is 3.92. The fourth-order valence-corrected chi connectivity index (χ4v) is 1.57. The maximum atomic E-state index is 5.96. The molecule has 0 atom stereocenters. The van der Waals surface area contributed by atoms with Gasteiger partial charge in [0.25, 0.3) is 0 Å². The highest BCUT2D eigenvalue weighted by Gasteiger charge is 2.03. The normalized spacial score (nSPS) is 12.4. The largest absolute Gasteiger partial charge is 0.398 e. The minimum absolute atomic E-state index is 0.757. The first-order valence-corrected chi connectivity index (χ1v) is 5.61. The Morgan fingerprint density at radius 3 is 2.12 bits per heavy atom. The average molecular weight is 225 g/mol. The van der Waals surface area contributed by atoms with Gasteiger partial charge in [0, 0.05) is 11.3 Å². The van der Waals surface area contributed by atoms with Crippen molar-refractivity contribution in [2.24, 2.45) is 5.73 Å². The van der Waals surface area contributed by atoms with Crippen LogP contribution in [0.5, 0.6) is 0 Å². The molecule has 1 nitrogen and oxygen atoms in total. The van der Waals surface area contributed by atoms with Crippen LogP contribution in [0.3, 0.4) is 0 Å². The highest BCUT2D eigenvalue weighted by atomic mass is 14.6. The van der Waals surface area contributed by atoms with E-state index in [1.165, 1.54) is 0 Å². The van der Waals surface area contributed by atoms with Crippen molar-refractivity contribution in [2.75, 3.05) is 0 Å². The zero-order valence-corrected chi connectivity index (χ0v) is 10.5. The van der Waals surface area contributed by atoms with Crippen LogP contribution in [0, 0.1) is 0 Å². The SMILES string of the molecule is C=C/C=C(\C(N)=C/C)c1ccc(C(=C)C)cc1. The van der Waals surface area contributed by atoms with Gasteiger partial charge in [0.1, 0.15) is 0 Å². The van der Waals surface area contributed by atoms with E-state index in [0.29, 0.717) is 0 Å². The standard InChI is InChI=1S/C16H19N/c1-5-7-15(16(17)6-2)14-10-8-13(9-11-14)12(3)4/h5-11H,1,3,17H2,2,4H3/b15-7-,16-6+. The third-order valence-corrected chi connectivity index (χ3v) is 2.60. The Balaban J connectivity index is 3.17. The number of hydrogen-bond acceptors (Lipinski definition) is 1. The first-order valence-electron chi connectivity index (χ1n) is 5.61. The van der Waals surface area contributed by atoms with Crippen LogP contribution in [0.15, 0.2) is 61.3 Å². The molecule has 0 amide bonds. The van der Waals surface area contributed by atoms with E-state index in [0.717, 1.165) is 28.0 Å². The van der Waals surface area contributed by atoms with Gasteiger partial charge in [-0.3, -0.25) is 0 Å². The van der Waals surface area contributed by atoms with E-state index >= 15 is 0 Å². The third-order valence-electron chi connectivity index (χ3n) is 2.60. The summed E-state index contributed by atoms with van der Waals surface area (Å²) < 4.78 is 0. The maximum Gasteiger partial charge on any atom is 0.0350 e. The van der Waals surface area contributed by atoms with Gasteiger partial charge < -0.3 is 5.73 Å². The molecule has 0 aliphatic heterocycles. The molecule has 0 aliphatic carbocycles. The van der Waals surface area contributed by atoms with Crippen LogP contribution in [0.25, 0.3) is 11.1 Å². The monoisotopic (exact) mass is 225 g/mol. The van der Waals surface area contributed by atoms with E-state index in [9.17, 15) is 0 Å². The van der Waals surface area contributed by atoms with Crippen molar-refractivity contribution < 1.29 is 0 Å². The van der Waals surface area contributed by atoms with Gasteiger partial charge >= 0.3 is 0 Å². The van der Waals surface area contributed by atoms with Crippen LogP contribution >= 0.6 is 0 Å². The number of hydrogen-bond donors (Lipinski definition) is 1. The van der Waals surface area contributed by atoms with E-state index in [1.54, 1.807) is 6.08 Å². The van der Waals surface area contributed by atoms with Crippen LogP contribution in [-0.2, 0) is 0 Å². The highest BCUT2D eigenvalue weighted by molar-refractivity contribution is 5.79. The zero-order valence-electron chi connectivity index (χ0n) is 10.5. The summed E-state index contributed by atoms with van der Waals surface area (Å²) in [6, 6.07) is 8.21. The van der Waals surface area contributed by atoms with E-state index in [1.807, 2.05) is 26.0 Å². The van der Waals surface area contributed by atoms with Gasteiger partial charge in [-0.05, 0) is 25.0 Å². The minimum Gasteiger partial charge on any atom is -0.398 e. The number of rotatable bonds is 4. The number of allylic oxidation sites excluding steroid dienone is 5. The van der Waals surface area contributed by atoms with Crippen molar-refractivity contribution in [3.63, 3.8) is 0 Å². The van der Waals surface area contributed by atoms with E-state index in [4.69, 9.17) is 5.73 Å². The molecule has 0 aromatic heterocycles. The Kier molecular flexibility index (Phi) is 4.53. The summed E-state index contributed by atoms with van der Waals surface area (Å²) in [5, 5.41) is 0. The second kappa shape index (κ2) is 5.90. The first kappa shape index (κ1) is 13.0. The smallest absolute Gasteiger partial charge is 0.0350 e. The van der Waals surface area contributed by atoms with Crippen molar-refractivity contribution in [3.05, 3.63) is 72.5 Å². The quantitative estimate of drug-likeness (QED) is 0.765. The Labute approximate surface area is 104 Å². The molecule has 0 unspecified atom stereocenters. The van der Waals surface area contributed by atoms with Crippen LogP contribution in [0.1, 0.15) is 25.0 Å². The van der Waals surface area contributed by atoms with Gasteiger partial charge in [0.2, 0.25) is 0 Å². The maximum absolute atomic E-state index is 5.96. The molecule has 0 heterocycles. The molecule has 1 rings (SSSR count). The fraction of sp³-hybridized carbons (Fsp3) is 0.125. The summed E-state index contributed by atoms with van der Waals surface area (Å²) >= 11 is 0. The molecular weight excluding hydrogens is 206 g/mol. The molecular formula is C16H19N. The van der Waals surface area contributed by atoms with Gasteiger partial charge in [-0.1, -0.05) is 61.2 Å². The first-order chi connectivity index (χ1) is 8.10. The predicted molar refractivity (Wildman–Crippen MR) is 77.3 cm³/mol. The highest BCUT2D eigenvalue weighted by Crippen LogP contribution is 2.22. The Morgan fingerprint density at radius 1 is 1.18 bits per heavy atom. The number of benzene rings is 1. The molecule has 17 heavy (non-hydrogen) atoms. The Morgan fingerprint density at radius 2 is 1.71 bits per heavy atom. The summed E-state index contributed by atoms with van der Waals surface area (Å²) in [6.07, 6.45) is 5.56. The third kappa shape index (κ3) is 3.22. The lowest BCUT2D eigenvalue weighted by molar-refractivity contribution is 1.39.